The maximum atomic E-state index is 9.10. The SMILES string of the molecule is OCC1=C(I)c2ccccc2CS1. The van der Waals surface area contributed by atoms with E-state index in [4.69, 9.17) is 5.11 Å². The lowest BCUT2D eigenvalue weighted by Gasteiger charge is -2.17. The van der Waals surface area contributed by atoms with Gasteiger partial charge in [-0.1, -0.05) is 24.3 Å². The Labute approximate surface area is 95.4 Å². The third-order valence-corrected chi connectivity index (χ3v) is 4.78. The first kappa shape index (κ1) is 9.55. The van der Waals surface area contributed by atoms with Crippen molar-refractivity contribution in [3.63, 3.8) is 0 Å². The summed E-state index contributed by atoms with van der Waals surface area (Å²) >= 11 is 4.05. The van der Waals surface area contributed by atoms with Crippen molar-refractivity contribution in [1.82, 2.24) is 0 Å². The molecule has 0 radical (unpaired) electrons. The average molecular weight is 304 g/mol. The Morgan fingerprint density at radius 1 is 1.38 bits per heavy atom. The van der Waals surface area contributed by atoms with E-state index in [-0.39, 0.29) is 6.61 Å². The maximum absolute atomic E-state index is 9.10. The molecule has 68 valence electrons. The molecule has 13 heavy (non-hydrogen) atoms. The predicted octanol–water partition coefficient (Wildman–Crippen LogP) is 3.03. The summed E-state index contributed by atoms with van der Waals surface area (Å²) in [5.41, 5.74) is 2.65. The van der Waals surface area contributed by atoms with Gasteiger partial charge in [0.2, 0.25) is 0 Å². The summed E-state index contributed by atoms with van der Waals surface area (Å²) in [6.07, 6.45) is 0. The van der Waals surface area contributed by atoms with Gasteiger partial charge in [-0.3, -0.25) is 0 Å². The second kappa shape index (κ2) is 4.02. The number of aliphatic hydroxyl groups excluding tert-OH is 1. The van der Waals surface area contributed by atoms with Crippen molar-refractivity contribution >= 4 is 37.9 Å². The number of halogens is 1. The first-order valence-corrected chi connectivity index (χ1v) is 6.10. The lowest BCUT2D eigenvalue weighted by molar-refractivity contribution is 0.340. The largest absolute Gasteiger partial charge is 0.391 e. The molecule has 0 unspecified atom stereocenters. The van der Waals surface area contributed by atoms with Gasteiger partial charge >= 0.3 is 0 Å². The summed E-state index contributed by atoms with van der Waals surface area (Å²) in [5.74, 6) is 0.985. The maximum Gasteiger partial charge on any atom is 0.0751 e. The quantitative estimate of drug-likeness (QED) is 0.805. The molecular formula is C10H9IOS. The predicted molar refractivity (Wildman–Crippen MR) is 65.8 cm³/mol. The van der Waals surface area contributed by atoms with Gasteiger partial charge < -0.3 is 5.11 Å². The average Bonchev–Trinajstić information content (AvgIpc) is 2.19. The molecule has 0 saturated heterocycles. The fourth-order valence-electron chi connectivity index (χ4n) is 1.35. The molecule has 0 amide bonds. The van der Waals surface area contributed by atoms with Crippen LogP contribution >= 0.6 is 34.4 Å². The molecule has 1 aromatic rings. The molecule has 1 N–H and O–H groups in total. The van der Waals surface area contributed by atoms with E-state index >= 15 is 0 Å². The Morgan fingerprint density at radius 2 is 2.15 bits per heavy atom. The van der Waals surface area contributed by atoms with Crippen molar-refractivity contribution in [3.05, 3.63) is 40.3 Å². The highest BCUT2D eigenvalue weighted by Crippen LogP contribution is 2.40. The number of thioether (sulfide) groups is 1. The third-order valence-electron chi connectivity index (χ3n) is 2.04. The summed E-state index contributed by atoms with van der Waals surface area (Å²) in [5, 5.41) is 9.10. The molecule has 0 aliphatic carbocycles. The molecule has 0 saturated carbocycles. The Kier molecular flexibility index (Phi) is 2.96. The van der Waals surface area contributed by atoms with Crippen LogP contribution in [0.25, 0.3) is 3.58 Å². The zero-order valence-corrected chi connectivity index (χ0v) is 9.93. The Balaban J connectivity index is 2.52. The first-order chi connectivity index (χ1) is 6.33. The molecule has 1 aliphatic rings. The molecule has 1 heterocycles. The summed E-state index contributed by atoms with van der Waals surface area (Å²) < 4.78 is 1.20. The van der Waals surface area contributed by atoms with Gasteiger partial charge in [0.15, 0.2) is 0 Å². The zero-order valence-electron chi connectivity index (χ0n) is 6.96. The first-order valence-electron chi connectivity index (χ1n) is 4.03. The lowest BCUT2D eigenvalue weighted by atomic mass is 10.1. The Bertz CT molecular complexity index is 360. The molecule has 3 heteroatoms. The van der Waals surface area contributed by atoms with Crippen molar-refractivity contribution in [2.45, 2.75) is 5.75 Å². The molecule has 2 rings (SSSR count). The van der Waals surface area contributed by atoms with Crippen LogP contribution < -0.4 is 0 Å². The Morgan fingerprint density at radius 3 is 2.92 bits per heavy atom. The minimum Gasteiger partial charge on any atom is -0.391 e. The van der Waals surface area contributed by atoms with E-state index in [0.717, 1.165) is 10.7 Å². The van der Waals surface area contributed by atoms with Crippen LogP contribution in [0.5, 0.6) is 0 Å². The van der Waals surface area contributed by atoms with Gasteiger partial charge in [0.05, 0.1) is 6.61 Å². The molecule has 0 atom stereocenters. The van der Waals surface area contributed by atoms with Crippen LogP contribution in [-0.4, -0.2) is 11.7 Å². The van der Waals surface area contributed by atoms with Gasteiger partial charge in [-0.25, -0.2) is 0 Å². The van der Waals surface area contributed by atoms with E-state index in [0.29, 0.717) is 0 Å². The number of benzene rings is 1. The highest BCUT2D eigenvalue weighted by molar-refractivity contribution is 14.1. The number of hydrogen-bond acceptors (Lipinski definition) is 2. The summed E-state index contributed by atoms with van der Waals surface area (Å²) in [7, 11) is 0. The molecule has 0 spiro atoms. The van der Waals surface area contributed by atoms with E-state index in [1.165, 1.54) is 14.7 Å². The van der Waals surface area contributed by atoms with Crippen LogP contribution in [0.2, 0.25) is 0 Å². The standard InChI is InChI=1S/C10H9IOS/c11-10-8-4-2-1-3-7(8)6-13-9(10)5-12/h1-4,12H,5-6H2. The van der Waals surface area contributed by atoms with Crippen LogP contribution in [0.3, 0.4) is 0 Å². The topological polar surface area (TPSA) is 20.2 Å². The summed E-state index contributed by atoms with van der Waals surface area (Å²) in [6, 6.07) is 8.37. The van der Waals surface area contributed by atoms with Crippen LogP contribution in [-0.2, 0) is 5.75 Å². The van der Waals surface area contributed by atoms with Crippen LogP contribution in [0.4, 0.5) is 0 Å². The van der Waals surface area contributed by atoms with Crippen molar-refractivity contribution in [2.24, 2.45) is 0 Å². The molecule has 1 aliphatic heterocycles. The minimum atomic E-state index is 0.164. The zero-order chi connectivity index (χ0) is 9.26. The molecule has 0 aromatic heterocycles. The lowest BCUT2D eigenvalue weighted by Crippen LogP contribution is -1.99. The number of aliphatic hydroxyl groups is 1. The van der Waals surface area contributed by atoms with Gasteiger partial charge in [-0.15, -0.1) is 11.8 Å². The second-order valence-electron chi connectivity index (χ2n) is 2.84. The number of fused-ring (bicyclic) bond motifs is 1. The normalized spacial score (nSPS) is 15.8. The van der Waals surface area contributed by atoms with Crippen LogP contribution in [0.15, 0.2) is 29.2 Å². The van der Waals surface area contributed by atoms with Crippen molar-refractivity contribution < 1.29 is 5.11 Å². The van der Waals surface area contributed by atoms with Crippen molar-refractivity contribution in [2.75, 3.05) is 6.61 Å². The van der Waals surface area contributed by atoms with E-state index in [2.05, 4.69) is 40.8 Å². The highest BCUT2D eigenvalue weighted by atomic mass is 127. The highest BCUT2D eigenvalue weighted by Gasteiger charge is 2.15. The van der Waals surface area contributed by atoms with Gasteiger partial charge in [0, 0.05) is 14.2 Å². The monoisotopic (exact) mass is 304 g/mol. The smallest absolute Gasteiger partial charge is 0.0751 e. The van der Waals surface area contributed by atoms with E-state index in [1.54, 1.807) is 11.8 Å². The molecule has 1 nitrogen and oxygen atoms in total. The van der Waals surface area contributed by atoms with Crippen LogP contribution in [0.1, 0.15) is 11.1 Å². The van der Waals surface area contributed by atoms with Crippen molar-refractivity contribution in [1.29, 1.82) is 0 Å². The van der Waals surface area contributed by atoms with E-state index in [9.17, 15) is 0 Å². The molecular weight excluding hydrogens is 295 g/mol. The van der Waals surface area contributed by atoms with Crippen LogP contribution in [0, 0.1) is 0 Å². The van der Waals surface area contributed by atoms with Gasteiger partial charge in [0.1, 0.15) is 0 Å². The summed E-state index contributed by atoms with van der Waals surface area (Å²) in [6.45, 7) is 0.164. The fraction of sp³-hybridized carbons (Fsp3) is 0.200. The Hall–Kier alpha value is -0.000000000000000111. The fourth-order valence-corrected chi connectivity index (χ4v) is 3.43. The summed E-state index contributed by atoms with van der Waals surface area (Å²) in [4.78, 5) is 1.10. The second-order valence-corrected chi connectivity index (χ2v) is 4.99. The molecule has 1 aromatic carbocycles. The third kappa shape index (κ3) is 1.78. The molecule has 0 fully saturated rings. The van der Waals surface area contributed by atoms with Gasteiger partial charge in [0.25, 0.3) is 0 Å². The number of rotatable bonds is 1. The van der Waals surface area contributed by atoms with E-state index < -0.39 is 0 Å². The number of hydrogen-bond donors (Lipinski definition) is 1. The van der Waals surface area contributed by atoms with Gasteiger partial charge in [-0.05, 0) is 33.7 Å². The van der Waals surface area contributed by atoms with Gasteiger partial charge in [-0.2, -0.15) is 0 Å². The van der Waals surface area contributed by atoms with E-state index in [1.807, 2.05) is 6.07 Å². The molecule has 0 bridgehead atoms. The minimum absolute atomic E-state index is 0.164. The van der Waals surface area contributed by atoms with Crippen molar-refractivity contribution in [3.8, 4) is 0 Å².